The first-order chi connectivity index (χ1) is 7.29. The Morgan fingerprint density at radius 3 is 3.20 bits per heavy atom. The maximum Gasteiger partial charge on any atom is 0.122 e. The summed E-state index contributed by atoms with van der Waals surface area (Å²) in [5.41, 5.74) is 5.67. The second-order valence-corrected chi connectivity index (χ2v) is 4.04. The molecule has 0 saturated carbocycles. The number of aromatic nitrogens is 2. The molecule has 1 aliphatic rings. The number of imidazole rings is 1. The average Bonchev–Trinajstić information content (AvgIpc) is 2.72. The predicted octanol–water partition coefficient (Wildman–Crippen LogP) is -0.592. The maximum atomic E-state index is 8.83. The Morgan fingerprint density at radius 1 is 1.53 bits per heavy atom. The maximum absolute atomic E-state index is 8.83. The van der Waals surface area contributed by atoms with Crippen molar-refractivity contribution in [1.29, 1.82) is 0 Å². The topological polar surface area (TPSA) is 67.3 Å². The van der Waals surface area contributed by atoms with E-state index in [1.807, 2.05) is 12.4 Å². The molecule has 1 aliphatic heterocycles. The second-order valence-electron chi connectivity index (χ2n) is 4.04. The fourth-order valence-corrected chi connectivity index (χ4v) is 1.85. The number of fused-ring (bicyclic) bond motifs is 1. The molecule has 0 aromatic carbocycles. The first-order valence-corrected chi connectivity index (χ1v) is 5.38. The first-order valence-electron chi connectivity index (χ1n) is 5.38. The molecule has 1 aromatic heterocycles. The van der Waals surface area contributed by atoms with Gasteiger partial charge in [-0.25, -0.2) is 4.98 Å². The lowest BCUT2D eigenvalue weighted by Crippen LogP contribution is -2.37. The van der Waals surface area contributed by atoms with Crippen LogP contribution in [0.1, 0.15) is 12.2 Å². The fourth-order valence-electron chi connectivity index (χ4n) is 1.85. The molecule has 1 aromatic rings. The standard InChI is InChI=1S/C10H18N4O/c11-9(8-15)1-3-13-5-6-14-4-2-12-10(14)7-13/h2,4,9,15H,1,3,5-8,11H2. The largest absolute Gasteiger partial charge is 0.395 e. The van der Waals surface area contributed by atoms with Crippen molar-refractivity contribution in [2.24, 2.45) is 5.73 Å². The van der Waals surface area contributed by atoms with Gasteiger partial charge in [-0.2, -0.15) is 0 Å². The number of nitrogens with zero attached hydrogens (tertiary/aromatic N) is 3. The van der Waals surface area contributed by atoms with Gasteiger partial charge in [0.25, 0.3) is 0 Å². The molecule has 0 radical (unpaired) electrons. The fraction of sp³-hybridized carbons (Fsp3) is 0.700. The van der Waals surface area contributed by atoms with E-state index in [0.29, 0.717) is 0 Å². The molecule has 0 fully saturated rings. The normalized spacial score (nSPS) is 18.8. The molecule has 5 heteroatoms. The van der Waals surface area contributed by atoms with E-state index in [0.717, 1.165) is 38.4 Å². The van der Waals surface area contributed by atoms with Crippen LogP contribution in [0.25, 0.3) is 0 Å². The average molecular weight is 210 g/mol. The third-order valence-corrected chi connectivity index (χ3v) is 2.87. The molecule has 1 atom stereocenters. The SMILES string of the molecule is NC(CO)CCN1CCn2ccnc2C1. The van der Waals surface area contributed by atoms with Gasteiger partial charge in [-0.15, -0.1) is 0 Å². The highest BCUT2D eigenvalue weighted by Crippen LogP contribution is 2.10. The Kier molecular flexibility index (Phi) is 3.35. The van der Waals surface area contributed by atoms with Gasteiger partial charge in [0.1, 0.15) is 5.82 Å². The van der Waals surface area contributed by atoms with Crippen LogP contribution in [0.3, 0.4) is 0 Å². The summed E-state index contributed by atoms with van der Waals surface area (Å²) in [6.07, 6.45) is 4.71. The summed E-state index contributed by atoms with van der Waals surface area (Å²) in [7, 11) is 0. The molecule has 15 heavy (non-hydrogen) atoms. The lowest BCUT2D eigenvalue weighted by Gasteiger charge is -2.28. The molecule has 3 N–H and O–H groups in total. The Balaban J connectivity index is 1.82. The van der Waals surface area contributed by atoms with Crippen molar-refractivity contribution < 1.29 is 5.11 Å². The minimum atomic E-state index is -0.0910. The smallest absolute Gasteiger partial charge is 0.122 e. The van der Waals surface area contributed by atoms with Crippen molar-refractivity contribution in [3.8, 4) is 0 Å². The van der Waals surface area contributed by atoms with Crippen molar-refractivity contribution in [2.45, 2.75) is 25.6 Å². The van der Waals surface area contributed by atoms with E-state index in [4.69, 9.17) is 10.8 Å². The molecule has 5 nitrogen and oxygen atoms in total. The van der Waals surface area contributed by atoms with E-state index in [2.05, 4.69) is 14.5 Å². The van der Waals surface area contributed by atoms with Gasteiger partial charge in [-0.05, 0) is 6.42 Å². The van der Waals surface area contributed by atoms with Crippen molar-refractivity contribution in [1.82, 2.24) is 14.5 Å². The zero-order valence-electron chi connectivity index (χ0n) is 8.84. The van der Waals surface area contributed by atoms with E-state index < -0.39 is 0 Å². The zero-order chi connectivity index (χ0) is 10.7. The molecule has 84 valence electrons. The van der Waals surface area contributed by atoms with E-state index in [1.54, 1.807) is 0 Å². The van der Waals surface area contributed by atoms with Crippen molar-refractivity contribution in [2.75, 3.05) is 19.7 Å². The number of aliphatic hydroxyl groups is 1. The molecule has 0 bridgehead atoms. The molecule has 1 unspecified atom stereocenters. The lowest BCUT2D eigenvalue weighted by atomic mass is 10.2. The van der Waals surface area contributed by atoms with Crippen LogP contribution in [0.4, 0.5) is 0 Å². The summed E-state index contributed by atoms with van der Waals surface area (Å²) in [5.74, 6) is 1.12. The number of rotatable bonds is 4. The quantitative estimate of drug-likeness (QED) is 0.697. The number of hydrogen-bond donors (Lipinski definition) is 2. The van der Waals surface area contributed by atoms with Gasteiger partial charge in [0, 0.05) is 38.1 Å². The highest BCUT2D eigenvalue weighted by molar-refractivity contribution is 4.95. The summed E-state index contributed by atoms with van der Waals surface area (Å²) in [4.78, 5) is 6.63. The second kappa shape index (κ2) is 4.74. The molecular weight excluding hydrogens is 192 g/mol. The predicted molar refractivity (Wildman–Crippen MR) is 57.2 cm³/mol. The minimum Gasteiger partial charge on any atom is -0.395 e. The summed E-state index contributed by atoms with van der Waals surface area (Å²) in [6, 6.07) is -0.0910. The molecule has 2 heterocycles. The summed E-state index contributed by atoms with van der Waals surface area (Å²) < 4.78 is 2.18. The Morgan fingerprint density at radius 2 is 2.40 bits per heavy atom. The zero-order valence-corrected chi connectivity index (χ0v) is 8.84. The number of nitrogens with two attached hydrogens (primary N) is 1. The van der Waals surface area contributed by atoms with Gasteiger partial charge in [0.15, 0.2) is 0 Å². The van der Waals surface area contributed by atoms with Crippen LogP contribution in [-0.2, 0) is 13.1 Å². The van der Waals surface area contributed by atoms with Crippen molar-refractivity contribution in [3.05, 3.63) is 18.2 Å². The third kappa shape index (κ3) is 2.56. The van der Waals surface area contributed by atoms with Crippen LogP contribution in [-0.4, -0.2) is 45.3 Å². The van der Waals surface area contributed by atoms with Crippen molar-refractivity contribution >= 4 is 0 Å². The molecule has 2 rings (SSSR count). The minimum absolute atomic E-state index is 0.0719. The third-order valence-electron chi connectivity index (χ3n) is 2.87. The monoisotopic (exact) mass is 210 g/mol. The molecule has 0 saturated heterocycles. The van der Waals surface area contributed by atoms with Crippen LogP contribution in [0.5, 0.6) is 0 Å². The lowest BCUT2D eigenvalue weighted by molar-refractivity contribution is 0.193. The van der Waals surface area contributed by atoms with Crippen LogP contribution in [0.15, 0.2) is 12.4 Å². The van der Waals surface area contributed by atoms with E-state index >= 15 is 0 Å². The molecule has 0 aliphatic carbocycles. The Labute approximate surface area is 89.5 Å². The van der Waals surface area contributed by atoms with E-state index in [-0.39, 0.29) is 12.6 Å². The molecule has 0 spiro atoms. The molecular formula is C10H18N4O. The van der Waals surface area contributed by atoms with Crippen LogP contribution < -0.4 is 5.73 Å². The van der Waals surface area contributed by atoms with Gasteiger partial charge in [-0.1, -0.05) is 0 Å². The first kappa shape index (κ1) is 10.6. The Hall–Kier alpha value is -0.910. The highest BCUT2D eigenvalue weighted by atomic mass is 16.3. The van der Waals surface area contributed by atoms with E-state index in [1.165, 1.54) is 0 Å². The Bertz CT molecular complexity index is 312. The summed E-state index contributed by atoms with van der Waals surface area (Å²) in [6.45, 7) is 3.95. The van der Waals surface area contributed by atoms with Gasteiger partial charge in [0.05, 0.1) is 13.2 Å². The van der Waals surface area contributed by atoms with Crippen molar-refractivity contribution in [3.63, 3.8) is 0 Å². The highest BCUT2D eigenvalue weighted by Gasteiger charge is 2.16. The number of aliphatic hydroxyl groups excluding tert-OH is 1. The molecule has 0 amide bonds. The van der Waals surface area contributed by atoms with Crippen LogP contribution in [0, 0.1) is 0 Å². The number of hydrogen-bond acceptors (Lipinski definition) is 4. The van der Waals surface area contributed by atoms with Gasteiger partial charge in [0.2, 0.25) is 0 Å². The van der Waals surface area contributed by atoms with Gasteiger partial charge < -0.3 is 15.4 Å². The van der Waals surface area contributed by atoms with Crippen LogP contribution >= 0.6 is 0 Å². The van der Waals surface area contributed by atoms with Gasteiger partial charge in [-0.3, -0.25) is 4.90 Å². The van der Waals surface area contributed by atoms with E-state index in [9.17, 15) is 0 Å². The van der Waals surface area contributed by atoms with Gasteiger partial charge >= 0.3 is 0 Å². The summed E-state index contributed by atoms with van der Waals surface area (Å²) in [5, 5.41) is 8.83. The summed E-state index contributed by atoms with van der Waals surface area (Å²) >= 11 is 0. The van der Waals surface area contributed by atoms with Crippen LogP contribution in [0.2, 0.25) is 0 Å².